The third-order valence-electron chi connectivity index (χ3n) is 7.13. The van der Waals surface area contributed by atoms with Crippen LogP contribution in [0.3, 0.4) is 0 Å². The van der Waals surface area contributed by atoms with Gasteiger partial charge in [0.2, 0.25) is 5.91 Å². The Labute approximate surface area is 191 Å². The second-order valence-electron chi connectivity index (χ2n) is 9.47. The van der Waals surface area contributed by atoms with Crippen molar-refractivity contribution in [1.29, 1.82) is 0 Å². The number of H-pyrrole nitrogens is 1. The molecule has 6 rings (SSSR count). The molecule has 2 aliphatic carbocycles. The van der Waals surface area contributed by atoms with Gasteiger partial charge in [0.15, 0.2) is 0 Å². The number of carbonyl (C=O) groups excluding carboxylic acids is 2. The number of halogens is 3. The number of alkyl halides is 3. The van der Waals surface area contributed by atoms with E-state index >= 15 is 0 Å². The number of amides is 2. The Morgan fingerprint density at radius 1 is 1.24 bits per heavy atom. The zero-order valence-electron chi connectivity index (χ0n) is 18.2. The van der Waals surface area contributed by atoms with Gasteiger partial charge in [0, 0.05) is 36.3 Å². The number of pyridine rings is 1. The molecule has 1 spiro atoms. The second-order valence-corrected chi connectivity index (χ2v) is 9.47. The minimum absolute atomic E-state index is 0.139. The fraction of sp³-hybridized carbons (Fsp3) is 0.375. The van der Waals surface area contributed by atoms with Crippen LogP contribution in [0, 0.1) is 0 Å². The number of aromatic amines is 1. The maximum atomic E-state index is 13.4. The summed E-state index contributed by atoms with van der Waals surface area (Å²) in [4.78, 5) is 42.5. The molecule has 3 aromatic rings. The number of fused-ring (bicyclic) bond motifs is 3. The van der Waals surface area contributed by atoms with Gasteiger partial charge in [0.25, 0.3) is 11.5 Å². The molecule has 2 N–H and O–H groups in total. The van der Waals surface area contributed by atoms with Gasteiger partial charge in [0.1, 0.15) is 17.8 Å². The summed E-state index contributed by atoms with van der Waals surface area (Å²) >= 11 is 0. The first-order valence-corrected chi connectivity index (χ1v) is 11.1. The molecule has 3 heterocycles. The van der Waals surface area contributed by atoms with Crippen LogP contribution in [0.4, 0.5) is 18.9 Å². The average molecular weight is 470 g/mol. The van der Waals surface area contributed by atoms with Crippen molar-refractivity contribution in [2.24, 2.45) is 7.05 Å². The lowest BCUT2D eigenvalue weighted by atomic mass is 9.91. The van der Waals surface area contributed by atoms with Gasteiger partial charge in [-0.2, -0.15) is 13.2 Å². The van der Waals surface area contributed by atoms with Crippen molar-refractivity contribution < 1.29 is 22.8 Å². The number of aromatic nitrogens is 2. The summed E-state index contributed by atoms with van der Waals surface area (Å²) < 4.78 is 41.2. The maximum Gasteiger partial charge on any atom is 0.406 e. The number of nitrogens with one attached hydrogen (secondary N) is 2. The number of rotatable bonds is 4. The van der Waals surface area contributed by atoms with E-state index < -0.39 is 30.0 Å². The van der Waals surface area contributed by atoms with Crippen molar-refractivity contribution >= 4 is 28.4 Å². The lowest BCUT2D eigenvalue weighted by Gasteiger charge is -2.20. The molecule has 34 heavy (non-hydrogen) atoms. The lowest BCUT2D eigenvalue weighted by molar-refractivity contribution is -0.133. The highest BCUT2D eigenvalue weighted by Crippen LogP contribution is 2.67. The summed E-state index contributed by atoms with van der Waals surface area (Å²) in [7, 11) is 1.57. The van der Waals surface area contributed by atoms with E-state index in [-0.39, 0.29) is 34.4 Å². The summed E-state index contributed by atoms with van der Waals surface area (Å²) in [5.74, 6) is -1.31. The zero-order valence-corrected chi connectivity index (χ0v) is 18.2. The predicted molar refractivity (Wildman–Crippen MR) is 118 cm³/mol. The van der Waals surface area contributed by atoms with Gasteiger partial charge >= 0.3 is 6.18 Å². The summed E-state index contributed by atoms with van der Waals surface area (Å²) in [6.45, 7) is -1.35. The molecule has 7 nitrogen and oxygen atoms in total. The first-order chi connectivity index (χ1) is 16.1. The van der Waals surface area contributed by atoms with Crippen LogP contribution in [-0.2, 0) is 17.3 Å². The molecule has 10 heteroatoms. The lowest BCUT2D eigenvalue weighted by Crippen LogP contribution is -2.39. The Kier molecular flexibility index (Phi) is 4.16. The first kappa shape index (κ1) is 21.0. The van der Waals surface area contributed by atoms with Crippen LogP contribution >= 0.6 is 0 Å². The smallest absolute Gasteiger partial charge is 0.348 e. The third-order valence-corrected chi connectivity index (χ3v) is 7.13. The zero-order chi connectivity index (χ0) is 24.0. The number of anilines is 1. The molecule has 0 unspecified atom stereocenters. The van der Waals surface area contributed by atoms with E-state index in [0.29, 0.717) is 22.9 Å². The third kappa shape index (κ3) is 3.00. The monoisotopic (exact) mass is 470 g/mol. The highest BCUT2D eigenvalue weighted by molar-refractivity contribution is 6.12. The van der Waals surface area contributed by atoms with Gasteiger partial charge in [-0.25, -0.2) is 0 Å². The van der Waals surface area contributed by atoms with Crippen molar-refractivity contribution in [3.63, 3.8) is 0 Å². The normalized spacial score (nSPS) is 23.6. The Morgan fingerprint density at radius 3 is 2.68 bits per heavy atom. The second kappa shape index (κ2) is 6.74. The number of benzene rings is 1. The molecule has 2 saturated carbocycles. The topological polar surface area (TPSA) is 87.2 Å². The standard InChI is InChI=1S/C24H21F3N4O3/c1-30-10-14(13-8-17(29-19(13)21(30)33)20(32)28-12-6-7-12)16-9-23(16)15-4-2-3-5-18(15)31(22(23)34)11-24(25,26)27/h2-5,8,10,12,16,29H,6-7,9,11H2,1H3,(H,28,32)/t16-,23-/m1/s1. The Balaban J connectivity index is 1.45. The van der Waals surface area contributed by atoms with Crippen molar-refractivity contribution in [2.75, 3.05) is 11.4 Å². The van der Waals surface area contributed by atoms with Gasteiger partial charge in [-0.05, 0) is 42.5 Å². The summed E-state index contributed by atoms with van der Waals surface area (Å²) in [5.41, 5.74) is 0.559. The van der Waals surface area contributed by atoms with Crippen LogP contribution in [0.2, 0.25) is 0 Å². The fourth-order valence-electron chi connectivity index (χ4n) is 5.32. The molecule has 176 valence electrons. The number of carbonyl (C=O) groups is 2. The molecule has 2 atom stereocenters. The number of para-hydroxylation sites is 1. The predicted octanol–water partition coefficient (Wildman–Crippen LogP) is 3.09. The molecule has 0 bridgehead atoms. The Hall–Kier alpha value is -3.56. The van der Waals surface area contributed by atoms with Crippen LogP contribution < -0.4 is 15.8 Å². The van der Waals surface area contributed by atoms with Gasteiger partial charge in [0.05, 0.1) is 5.41 Å². The minimum Gasteiger partial charge on any atom is -0.348 e. The number of hydrogen-bond acceptors (Lipinski definition) is 3. The number of hydrogen-bond donors (Lipinski definition) is 2. The van der Waals surface area contributed by atoms with Gasteiger partial charge in [-0.15, -0.1) is 0 Å². The van der Waals surface area contributed by atoms with Crippen LogP contribution in [0.5, 0.6) is 0 Å². The largest absolute Gasteiger partial charge is 0.406 e. The van der Waals surface area contributed by atoms with E-state index in [2.05, 4.69) is 10.3 Å². The highest BCUT2D eigenvalue weighted by Gasteiger charge is 2.68. The van der Waals surface area contributed by atoms with Crippen molar-refractivity contribution in [3.05, 3.63) is 63.7 Å². The minimum atomic E-state index is -4.53. The first-order valence-electron chi connectivity index (χ1n) is 11.1. The van der Waals surface area contributed by atoms with E-state index in [1.54, 1.807) is 37.5 Å². The average Bonchev–Trinajstić information content (AvgIpc) is 3.68. The molecule has 3 aliphatic rings. The van der Waals surface area contributed by atoms with E-state index in [1.807, 2.05) is 0 Å². The molecule has 0 saturated heterocycles. The molecule has 1 aromatic carbocycles. The van der Waals surface area contributed by atoms with E-state index in [4.69, 9.17) is 0 Å². The van der Waals surface area contributed by atoms with Crippen LogP contribution in [0.1, 0.15) is 46.8 Å². The summed E-state index contributed by atoms with van der Waals surface area (Å²) in [5, 5.41) is 3.40. The van der Waals surface area contributed by atoms with Gasteiger partial charge < -0.3 is 19.8 Å². The summed E-state index contributed by atoms with van der Waals surface area (Å²) in [6.07, 6.45) is -0.742. The summed E-state index contributed by atoms with van der Waals surface area (Å²) in [6, 6.07) is 8.32. The van der Waals surface area contributed by atoms with Gasteiger partial charge in [-0.3, -0.25) is 14.4 Å². The van der Waals surface area contributed by atoms with E-state index in [9.17, 15) is 27.6 Å². The molecule has 2 aromatic heterocycles. The molecule has 1 aliphatic heterocycles. The quantitative estimate of drug-likeness (QED) is 0.615. The van der Waals surface area contributed by atoms with Crippen LogP contribution in [-0.4, -0.2) is 40.1 Å². The van der Waals surface area contributed by atoms with E-state index in [0.717, 1.165) is 17.7 Å². The SMILES string of the molecule is Cn1cc([C@H]2C[C@]23C(=O)N(CC(F)(F)F)c2ccccc23)c2cc(C(=O)NC3CC3)[nH]c2c1=O. The Morgan fingerprint density at radius 2 is 1.97 bits per heavy atom. The van der Waals surface area contributed by atoms with Gasteiger partial charge in [-0.1, -0.05) is 18.2 Å². The van der Waals surface area contributed by atoms with Crippen molar-refractivity contribution in [3.8, 4) is 0 Å². The molecular weight excluding hydrogens is 449 g/mol. The number of aryl methyl sites for hydroxylation is 1. The molecule has 2 amide bonds. The van der Waals surface area contributed by atoms with Crippen LogP contribution in [0.25, 0.3) is 10.9 Å². The number of nitrogens with zero attached hydrogens (tertiary/aromatic N) is 2. The van der Waals surface area contributed by atoms with Crippen molar-refractivity contribution in [2.45, 2.75) is 42.8 Å². The molecular formula is C24H21F3N4O3. The molecule has 2 fully saturated rings. The highest BCUT2D eigenvalue weighted by atomic mass is 19.4. The van der Waals surface area contributed by atoms with Crippen LogP contribution in [0.15, 0.2) is 41.3 Å². The Bertz CT molecular complexity index is 1440. The van der Waals surface area contributed by atoms with Crippen molar-refractivity contribution in [1.82, 2.24) is 14.9 Å². The molecule has 0 radical (unpaired) electrons. The maximum absolute atomic E-state index is 13.4. The fourth-order valence-corrected chi connectivity index (χ4v) is 5.32. The van der Waals surface area contributed by atoms with E-state index in [1.165, 1.54) is 10.6 Å².